The molecular weight excluding hydrogens is 257 g/mol. The van der Waals surface area contributed by atoms with Crippen LogP contribution in [0.1, 0.15) is 17.7 Å². The molecule has 0 aliphatic carbocycles. The van der Waals surface area contributed by atoms with Crippen molar-refractivity contribution in [2.45, 2.75) is 13.3 Å². The number of rotatable bonds is 2. The molecule has 0 unspecified atom stereocenters. The summed E-state index contributed by atoms with van der Waals surface area (Å²) in [5.74, 6) is 0.581. The average molecular weight is 273 g/mol. The number of methoxy groups -OCH3 is 1. The van der Waals surface area contributed by atoms with Crippen LogP contribution < -0.4 is 4.74 Å². The fraction of sp³-hybridized carbons (Fsp3) is 0.312. The first kappa shape index (κ1) is 13.1. The molecular formula is C16H16FNO2. The molecule has 0 fully saturated rings. The van der Waals surface area contributed by atoms with Crippen LogP contribution in [-0.2, 0) is 4.74 Å². The van der Waals surface area contributed by atoms with Crippen molar-refractivity contribution in [3.8, 4) is 5.75 Å². The molecule has 0 saturated heterocycles. The SMILES string of the molecule is COc1cc(C)nc2ccc(C3=C(F)COCC3)cc12. The van der Waals surface area contributed by atoms with Gasteiger partial charge in [0.15, 0.2) is 0 Å². The van der Waals surface area contributed by atoms with Crippen molar-refractivity contribution in [1.82, 2.24) is 4.98 Å². The molecule has 3 nitrogen and oxygen atoms in total. The molecule has 1 aliphatic rings. The summed E-state index contributed by atoms with van der Waals surface area (Å²) in [6.07, 6.45) is 0.596. The Balaban J connectivity index is 2.17. The van der Waals surface area contributed by atoms with Crippen LogP contribution in [0.3, 0.4) is 0 Å². The highest BCUT2D eigenvalue weighted by Gasteiger charge is 2.16. The maximum Gasteiger partial charge on any atom is 0.130 e. The molecule has 0 radical (unpaired) electrons. The van der Waals surface area contributed by atoms with Gasteiger partial charge in [0.25, 0.3) is 0 Å². The fourth-order valence-electron chi connectivity index (χ4n) is 2.54. The van der Waals surface area contributed by atoms with Crippen LogP contribution in [0.25, 0.3) is 16.5 Å². The Bertz CT molecular complexity index is 694. The summed E-state index contributed by atoms with van der Waals surface area (Å²) in [6.45, 7) is 2.55. The van der Waals surface area contributed by atoms with E-state index in [4.69, 9.17) is 9.47 Å². The quantitative estimate of drug-likeness (QED) is 0.837. The van der Waals surface area contributed by atoms with Crippen LogP contribution in [0.4, 0.5) is 4.39 Å². The lowest BCUT2D eigenvalue weighted by atomic mass is 9.98. The number of pyridine rings is 1. The Morgan fingerprint density at radius 2 is 2.15 bits per heavy atom. The van der Waals surface area contributed by atoms with Gasteiger partial charge in [-0.1, -0.05) is 6.07 Å². The molecule has 1 aromatic carbocycles. The number of ether oxygens (including phenoxy) is 2. The molecule has 0 atom stereocenters. The van der Waals surface area contributed by atoms with Crippen molar-refractivity contribution < 1.29 is 13.9 Å². The van der Waals surface area contributed by atoms with E-state index in [0.717, 1.165) is 33.5 Å². The van der Waals surface area contributed by atoms with Crippen molar-refractivity contribution in [3.63, 3.8) is 0 Å². The van der Waals surface area contributed by atoms with Gasteiger partial charge in [-0.3, -0.25) is 4.98 Å². The molecule has 2 heterocycles. The molecule has 0 bridgehead atoms. The van der Waals surface area contributed by atoms with Gasteiger partial charge in [0.1, 0.15) is 11.6 Å². The molecule has 1 aromatic heterocycles. The Morgan fingerprint density at radius 1 is 1.30 bits per heavy atom. The number of hydrogen-bond acceptors (Lipinski definition) is 3. The van der Waals surface area contributed by atoms with Crippen LogP contribution in [0.2, 0.25) is 0 Å². The number of hydrogen-bond donors (Lipinski definition) is 0. The van der Waals surface area contributed by atoms with Crippen LogP contribution in [0.5, 0.6) is 5.75 Å². The predicted molar refractivity (Wildman–Crippen MR) is 76.5 cm³/mol. The highest BCUT2D eigenvalue weighted by molar-refractivity contribution is 5.89. The van der Waals surface area contributed by atoms with Crippen molar-refractivity contribution in [3.05, 3.63) is 41.3 Å². The predicted octanol–water partition coefficient (Wildman–Crippen LogP) is 3.65. The number of fused-ring (bicyclic) bond motifs is 1. The van der Waals surface area contributed by atoms with Crippen LogP contribution in [0, 0.1) is 6.92 Å². The molecule has 4 heteroatoms. The number of benzene rings is 1. The Kier molecular flexibility index (Phi) is 3.40. The van der Waals surface area contributed by atoms with Gasteiger partial charge in [-0.05, 0) is 36.6 Å². The molecule has 104 valence electrons. The summed E-state index contributed by atoms with van der Waals surface area (Å²) in [6, 6.07) is 7.66. The molecule has 1 aliphatic heterocycles. The Hall–Kier alpha value is -1.94. The van der Waals surface area contributed by atoms with E-state index in [9.17, 15) is 4.39 Å². The van der Waals surface area contributed by atoms with Crippen LogP contribution in [0.15, 0.2) is 30.1 Å². The van der Waals surface area contributed by atoms with Gasteiger partial charge in [0.2, 0.25) is 0 Å². The normalized spacial score (nSPS) is 15.8. The lowest BCUT2D eigenvalue weighted by molar-refractivity contribution is 0.138. The summed E-state index contributed by atoms with van der Waals surface area (Å²) in [7, 11) is 1.63. The van der Waals surface area contributed by atoms with Crippen molar-refractivity contribution >= 4 is 16.5 Å². The summed E-state index contributed by atoms with van der Waals surface area (Å²) in [5.41, 5.74) is 3.36. The van der Waals surface area contributed by atoms with Crippen molar-refractivity contribution in [1.29, 1.82) is 0 Å². The molecule has 2 aromatic rings. The van der Waals surface area contributed by atoms with Gasteiger partial charge >= 0.3 is 0 Å². The van der Waals surface area contributed by atoms with Gasteiger partial charge < -0.3 is 9.47 Å². The zero-order chi connectivity index (χ0) is 14.1. The second-order valence-electron chi connectivity index (χ2n) is 4.88. The minimum absolute atomic E-state index is 0.0661. The summed E-state index contributed by atoms with van der Waals surface area (Å²) in [4.78, 5) is 4.48. The van der Waals surface area contributed by atoms with E-state index in [2.05, 4.69) is 4.98 Å². The van der Waals surface area contributed by atoms with Gasteiger partial charge in [-0.2, -0.15) is 0 Å². The average Bonchev–Trinajstić information content (AvgIpc) is 2.46. The minimum Gasteiger partial charge on any atom is -0.496 e. The zero-order valence-electron chi connectivity index (χ0n) is 11.6. The number of halogens is 1. The fourth-order valence-corrected chi connectivity index (χ4v) is 2.54. The number of aryl methyl sites for hydroxylation is 1. The standard InChI is InChI=1S/C16H16FNO2/c1-10-7-16(19-2)13-8-11(3-4-15(13)18-10)12-5-6-20-9-14(12)17/h3-4,7-8H,5-6,9H2,1-2H3. The molecule has 0 N–H and O–H groups in total. The van der Waals surface area contributed by atoms with E-state index >= 15 is 0 Å². The first-order valence-corrected chi connectivity index (χ1v) is 6.60. The van der Waals surface area contributed by atoms with E-state index in [1.54, 1.807) is 7.11 Å². The number of aromatic nitrogens is 1. The highest BCUT2D eigenvalue weighted by atomic mass is 19.1. The lowest BCUT2D eigenvalue weighted by Crippen LogP contribution is -2.08. The molecule has 3 rings (SSSR count). The third-order valence-electron chi connectivity index (χ3n) is 3.52. The van der Waals surface area contributed by atoms with Crippen molar-refractivity contribution in [2.24, 2.45) is 0 Å². The van der Waals surface area contributed by atoms with Gasteiger partial charge in [-0.15, -0.1) is 0 Å². The third kappa shape index (κ3) is 2.27. The topological polar surface area (TPSA) is 31.4 Å². The molecule has 0 saturated carbocycles. The van der Waals surface area contributed by atoms with Gasteiger partial charge in [0.05, 0.1) is 25.8 Å². The second kappa shape index (κ2) is 5.21. The molecule has 0 spiro atoms. The third-order valence-corrected chi connectivity index (χ3v) is 3.52. The maximum absolute atomic E-state index is 13.9. The number of nitrogens with zero attached hydrogens (tertiary/aromatic N) is 1. The van der Waals surface area contributed by atoms with E-state index < -0.39 is 0 Å². The Labute approximate surface area is 117 Å². The zero-order valence-corrected chi connectivity index (χ0v) is 11.6. The Morgan fingerprint density at radius 3 is 2.90 bits per heavy atom. The summed E-state index contributed by atoms with van der Waals surface area (Å²) < 4.78 is 24.4. The van der Waals surface area contributed by atoms with E-state index in [1.807, 2.05) is 31.2 Å². The first-order chi connectivity index (χ1) is 9.69. The molecule has 0 amide bonds. The highest BCUT2D eigenvalue weighted by Crippen LogP contribution is 2.32. The van der Waals surface area contributed by atoms with E-state index in [0.29, 0.717) is 13.0 Å². The van der Waals surface area contributed by atoms with Crippen LogP contribution >= 0.6 is 0 Å². The van der Waals surface area contributed by atoms with E-state index in [-0.39, 0.29) is 12.4 Å². The van der Waals surface area contributed by atoms with Crippen molar-refractivity contribution in [2.75, 3.05) is 20.3 Å². The first-order valence-electron chi connectivity index (χ1n) is 6.60. The van der Waals surface area contributed by atoms with Gasteiger partial charge in [-0.25, -0.2) is 4.39 Å². The van der Waals surface area contributed by atoms with Crippen LogP contribution in [-0.4, -0.2) is 25.3 Å². The minimum atomic E-state index is -0.186. The largest absolute Gasteiger partial charge is 0.496 e. The maximum atomic E-state index is 13.9. The smallest absolute Gasteiger partial charge is 0.130 e. The van der Waals surface area contributed by atoms with E-state index in [1.165, 1.54) is 0 Å². The summed E-state index contributed by atoms with van der Waals surface area (Å²) in [5, 5.41) is 0.905. The monoisotopic (exact) mass is 273 g/mol. The summed E-state index contributed by atoms with van der Waals surface area (Å²) >= 11 is 0. The molecule has 20 heavy (non-hydrogen) atoms. The van der Waals surface area contributed by atoms with Gasteiger partial charge in [0, 0.05) is 17.1 Å². The second-order valence-corrected chi connectivity index (χ2v) is 4.88. The lowest BCUT2D eigenvalue weighted by Gasteiger charge is -2.16.